The van der Waals surface area contributed by atoms with Crippen molar-refractivity contribution in [1.29, 1.82) is 0 Å². The van der Waals surface area contributed by atoms with Gasteiger partial charge in [-0.2, -0.15) is 0 Å². The van der Waals surface area contributed by atoms with E-state index in [-0.39, 0.29) is 22.8 Å². The van der Waals surface area contributed by atoms with Crippen LogP contribution in [0.3, 0.4) is 0 Å². The zero-order chi connectivity index (χ0) is 22.6. The normalized spacial score (nSPS) is 25.5. The number of amides is 2. The Morgan fingerprint density at radius 2 is 1.59 bits per heavy atom. The fourth-order valence-corrected chi connectivity index (χ4v) is 5.62. The number of likely N-dealkylation sites (tertiary alicyclic amines) is 1. The average molecular weight is 434 g/mol. The van der Waals surface area contributed by atoms with Crippen molar-refractivity contribution in [3.05, 3.63) is 71.8 Å². The Hall–Kier alpha value is -2.66. The Bertz CT molecular complexity index is 918. The minimum Gasteiger partial charge on any atom is -0.352 e. The van der Waals surface area contributed by atoms with Crippen molar-refractivity contribution in [2.24, 2.45) is 5.41 Å². The van der Waals surface area contributed by atoms with Crippen LogP contribution < -0.4 is 5.32 Å². The maximum atomic E-state index is 12.8. The lowest BCUT2D eigenvalue weighted by Crippen LogP contribution is -2.47. The SMILES string of the molecule is CN(C)C1(c2ccccc2)CCC2(CC1)CC(=O)N(CCCNC(=O)c1ccccc1)C2. The number of carbonyl (C=O) groups is 2. The lowest BCUT2D eigenvalue weighted by atomic mass is 9.64. The predicted octanol–water partition coefficient (Wildman–Crippen LogP) is 4.06. The van der Waals surface area contributed by atoms with E-state index < -0.39 is 0 Å². The van der Waals surface area contributed by atoms with Crippen LogP contribution in [-0.4, -0.2) is 55.3 Å². The summed E-state index contributed by atoms with van der Waals surface area (Å²) in [5.74, 6) is 0.222. The second-order valence-electron chi connectivity index (χ2n) is 9.76. The second-order valence-corrected chi connectivity index (χ2v) is 9.76. The minimum absolute atomic E-state index is 0.0527. The number of nitrogens with one attached hydrogen (secondary N) is 1. The highest BCUT2D eigenvalue weighted by Crippen LogP contribution is 2.52. The van der Waals surface area contributed by atoms with Crippen molar-refractivity contribution in [3.63, 3.8) is 0 Å². The molecule has 2 aromatic rings. The molecule has 170 valence electrons. The number of nitrogens with zero attached hydrogens (tertiary/aromatic N) is 2. The summed E-state index contributed by atoms with van der Waals surface area (Å²) in [6, 6.07) is 20.1. The van der Waals surface area contributed by atoms with Crippen LogP contribution in [0.25, 0.3) is 0 Å². The summed E-state index contributed by atoms with van der Waals surface area (Å²) >= 11 is 0. The topological polar surface area (TPSA) is 52.7 Å². The van der Waals surface area contributed by atoms with Crippen molar-refractivity contribution >= 4 is 11.8 Å². The number of rotatable bonds is 7. The smallest absolute Gasteiger partial charge is 0.251 e. The molecule has 0 unspecified atom stereocenters. The van der Waals surface area contributed by atoms with Crippen LogP contribution in [0.4, 0.5) is 0 Å². The van der Waals surface area contributed by atoms with Gasteiger partial charge in [-0.1, -0.05) is 48.5 Å². The zero-order valence-electron chi connectivity index (χ0n) is 19.3. The van der Waals surface area contributed by atoms with Gasteiger partial charge in [0, 0.05) is 37.2 Å². The van der Waals surface area contributed by atoms with Crippen LogP contribution >= 0.6 is 0 Å². The molecule has 2 aliphatic rings. The lowest BCUT2D eigenvalue weighted by Gasteiger charge is -2.48. The van der Waals surface area contributed by atoms with Crippen molar-refractivity contribution in [3.8, 4) is 0 Å². The van der Waals surface area contributed by atoms with E-state index in [1.54, 1.807) is 0 Å². The van der Waals surface area contributed by atoms with E-state index in [1.165, 1.54) is 5.56 Å². The summed E-state index contributed by atoms with van der Waals surface area (Å²) in [6.45, 7) is 2.16. The molecule has 0 radical (unpaired) electrons. The van der Waals surface area contributed by atoms with Crippen molar-refractivity contribution in [2.75, 3.05) is 33.7 Å². The molecule has 1 aliphatic heterocycles. The Morgan fingerprint density at radius 1 is 0.969 bits per heavy atom. The fraction of sp³-hybridized carbons (Fsp3) is 0.481. The van der Waals surface area contributed by atoms with Gasteiger partial charge in [-0.3, -0.25) is 14.5 Å². The summed E-state index contributed by atoms with van der Waals surface area (Å²) in [7, 11) is 4.36. The molecule has 5 heteroatoms. The van der Waals surface area contributed by atoms with Gasteiger partial charge in [0.1, 0.15) is 0 Å². The Morgan fingerprint density at radius 3 is 2.22 bits per heavy atom. The molecule has 1 aliphatic carbocycles. The summed E-state index contributed by atoms with van der Waals surface area (Å²) < 4.78 is 0. The van der Waals surface area contributed by atoms with Crippen molar-refractivity contribution in [2.45, 2.75) is 44.1 Å². The van der Waals surface area contributed by atoms with Gasteiger partial charge in [-0.05, 0) is 69.3 Å². The molecule has 5 nitrogen and oxygen atoms in total. The van der Waals surface area contributed by atoms with Crippen LogP contribution in [0.2, 0.25) is 0 Å². The quantitative estimate of drug-likeness (QED) is 0.670. The first-order valence-electron chi connectivity index (χ1n) is 11.8. The highest BCUT2D eigenvalue weighted by molar-refractivity contribution is 5.94. The van der Waals surface area contributed by atoms with Gasteiger partial charge in [0.25, 0.3) is 5.91 Å². The van der Waals surface area contributed by atoms with Gasteiger partial charge in [0.15, 0.2) is 0 Å². The van der Waals surface area contributed by atoms with Gasteiger partial charge >= 0.3 is 0 Å². The minimum atomic E-state index is -0.0527. The summed E-state index contributed by atoms with van der Waals surface area (Å²) in [6.07, 6.45) is 5.77. The van der Waals surface area contributed by atoms with E-state index in [4.69, 9.17) is 0 Å². The van der Waals surface area contributed by atoms with E-state index in [2.05, 4.69) is 54.6 Å². The molecule has 4 rings (SSSR count). The molecule has 1 N–H and O–H groups in total. The number of hydrogen-bond donors (Lipinski definition) is 1. The maximum Gasteiger partial charge on any atom is 0.251 e. The van der Waals surface area contributed by atoms with Gasteiger partial charge < -0.3 is 10.2 Å². The first-order chi connectivity index (χ1) is 15.4. The molecule has 1 saturated heterocycles. The highest BCUT2D eigenvalue weighted by atomic mass is 16.2. The van der Waals surface area contributed by atoms with E-state index in [9.17, 15) is 9.59 Å². The van der Waals surface area contributed by atoms with Crippen LogP contribution in [0.15, 0.2) is 60.7 Å². The first kappa shape index (κ1) is 22.5. The summed E-state index contributed by atoms with van der Waals surface area (Å²) in [4.78, 5) is 29.4. The molecule has 1 saturated carbocycles. The van der Waals surface area contributed by atoms with Crippen LogP contribution in [0.5, 0.6) is 0 Å². The van der Waals surface area contributed by atoms with Crippen LogP contribution in [0, 0.1) is 5.41 Å². The molecule has 2 aromatic carbocycles. The molecule has 2 amide bonds. The van der Waals surface area contributed by atoms with Gasteiger partial charge in [0.05, 0.1) is 0 Å². The van der Waals surface area contributed by atoms with E-state index in [0.29, 0.717) is 25.1 Å². The molecule has 0 atom stereocenters. The Balaban J connectivity index is 1.29. The second kappa shape index (κ2) is 9.45. The maximum absolute atomic E-state index is 12.8. The predicted molar refractivity (Wildman–Crippen MR) is 127 cm³/mol. The zero-order valence-corrected chi connectivity index (χ0v) is 19.3. The Labute approximate surface area is 191 Å². The van der Waals surface area contributed by atoms with Crippen LogP contribution in [0.1, 0.15) is 54.4 Å². The molecular formula is C27H35N3O2. The third-order valence-electron chi connectivity index (χ3n) is 7.64. The molecule has 0 aromatic heterocycles. The third-order valence-corrected chi connectivity index (χ3v) is 7.64. The largest absolute Gasteiger partial charge is 0.352 e. The molecular weight excluding hydrogens is 398 g/mol. The first-order valence-corrected chi connectivity index (χ1v) is 11.8. The van der Waals surface area contributed by atoms with E-state index in [0.717, 1.165) is 38.6 Å². The van der Waals surface area contributed by atoms with E-state index >= 15 is 0 Å². The number of benzene rings is 2. The van der Waals surface area contributed by atoms with Gasteiger partial charge in [0.2, 0.25) is 5.91 Å². The lowest BCUT2D eigenvalue weighted by molar-refractivity contribution is -0.127. The molecule has 0 bridgehead atoms. The molecule has 2 fully saturated rings. The van der Waals surface area contributed by atoms with Crippen LogP contribution in [-0.2, 0) is 10.3 Å². The number of hydrogen-bond acceptors (Lipinski definition) is 3. The standard InChI is InChI=1S/C27H35N3O2/c1-29(2)27(23-12-7-4-8-13-23)16-14-26(15-17-27)20-24(31)30(21-26)19-9-18-28-25(32)22-10-5-3-6-11-22/h3-8,10-13H,9,14-21H2,1-2H3,(H,28,32). The van der Waals surface area contributed by atoms with Gasteiger partial charge in [-0.25, -0.2) is 0 Å². The Kier molecular flexibility index (Phi) is 6.66. The molecule has 1 spiro atoms. The van der Waals surface area contributed by atoms with Crippen molar-refractivity contribution < 1.29 is 9.59 Å². The summed E-state index contributed by atoms with van der Waals surface area (Å²) in [5, 5.41) is 2.97. The van der Waals surface area contributed by atoms with Crippen molar-refractivity contribution in [1.82, 2.24) is 15.1 Å². The monoisotopic (exact) mass is 433 g/mol. The molecule has 1 heterocycles. The van der Waals surface area contributed by atoms with E-state index in [1.807, 2.05) is 35.2 Å². The highest BCUT2D eigenvalue weighted by Gasteiger charge is 2.49. The molecule has 32 heavy (non-hydrogen) atoms. The fourth-order valence-electron chi connectivity index (χ4n) is 5.62. The number of carbonyl (C=O) groups excluding carboxylic acids is 2. The third kappa shape index (κ3) is 4.58. The summed E-state index contributed by atoms with van der Waals surface area (Å²) in [5.41, 5.74) is 2.23. The van der Waals surface area contributed by atoms with Gasteiger partial charge in [-0.15, -0.1) is 0 Å². The average Bonchev–Trinajstić information content (AvgIpc) is 3.13.